The normalized spacial score (nSPS) is 10.4. The second kappa shape index (κ2) is 7.33. The molecule has 2 aromatic heterocycles. The van der Waals surface area contributed by atoms with Crippen LogP contribution in [0.5, 0.6) is 5.75 Å². The highest BCUT2D eigenvalue weighted by molar-refractivity contribution is 5.85. The van der Waals surface area contributed by atoms with E-state index in [-0.39, 0.29) is 12.4 Å². The Kier molecular flexibility index (Phi) is 5.45. The number of aromatic nitrogens is 4. The Labute approximate surface area is 142 Å². The van der Waals surface area contributed by atoms with Crippen molar-refractivity contribution < 1.29 is 4.74 Å². The summed E-state index contributed by atoms with van der Waals surface area (Å²) in [7, 11) is 1.69. The molecule has 5 nitrogen and oxygen atoms in total. The molecule has 2 heterocycles. The minimum absolute atomic E-state index is 0. The first-order valence-corrected chi connectivity index (χ1v) is 7.39. The van der Waals surface area contributed by atoms with Crippen LogP contribution in [0.2, 0.25) is 0 Å². The maximum Gasteiger partial charge on any atom is 0.123 e. The predicted octanol–water partition coefficient (Wildman–Crippen LogP) is 3.42. The van der Waals surface area contributed by atoms with E-state index in [1.807, 2.05) is 42.5 Å². The van der Waals surface area contributed by atoms with Crippen molar-refractivity contribution in [3.05, 3.63) is 60.2 Å². The number of benzene rings is 1. The van der Waals surface area contributed by atoms with Gasteiger partial charge in [-0.2, -0.15) is 0 Å². The molecule has 0 bridgehead atoms. The van der Waals surface area contributed by atoms with Crippen molar-refractivity contribution in [2.75, 3.05) is 7.11 Å². The molecule has 0 unspecified atom stereocenters. The minimum atomic E-state index is 0. The van der Waals surface area contributed by atoms with E-state index in [4.69, 9.17) is 4.74 Å². The van der Waals surface area contributed by atoms with Crippen LogP contribution in [-0.2, 0) is 13.0 Å². The number of rotatable bonds is 5. The molecule has 0 N–H and O–H groups in total. The van der Waals surface area contributed by atoms with E-state index in [0.717, 1.165) is 41.5 Å². The molecule has 1 aromatic carbocycles. The average molecular weight is 333 g/mol. The van der Waals surface area contributed by atoms with E-state index >= 15 is 0 Å². The molecule has 3 aromatic rings. The third-order valence-corrected chi connectivity index (χ3v) is 3.78. The lowest BCUT2D eigenvalue weighted by molar-refractivity contribution is 0.411. The van der Waals surface area contributed by atoms with Gasteiger partial charge in [-0.3, -0.25) is 0 Å². The van der Waals surface area contributed by atoms with E-state index in [2.05, 4.69) is 33.6 Å². The number of hydrogen-bond donors (Lipinski definition) is 0. The highest BCUT2D eigenvalue weighted by Gasteiger charge is 2.06. The summed E-state index contributed by atoms with van der Waals surface area (Å²) < 4.78 is 9.52. The zero-order chi connectivity index (χ0) is 15.5. The van der Waals surface area contributed by atoms with Crippen LogP contribution in [0.4, 0.5) is 0 Å². The second-order valence-electron chi connectivity index (χ2n) is 5.25. The smallest absolute Gasteiger partial charge is 0.123 e. The van der Waals surface area contributed by atoms with Gasteiger partial charge in [0.25, 0.3) is 0 Å². The number of halogens is 1. The Morgan fingerprint density at radius 3 is 2.78 bits per heavy atom. The largest absolute Gasteiger partial charge is 0.496 e. The van der Waals surface area contributed by atoms with Gasteiger partial charge in [0.2, 0.25) is 0 Å². The first kappa shape index (κ1) is 17.1. The Morgan fingerprint density at radius 1 is 1.22 bits per heavy atom. The van der Waals surface area contributed by atoms with Crippen molar-refractivity contribution in [3.8, 4) is 11.4 Å². The van der Waals surface area contributed by atoms with Crippen molar-refractivity contribution in [3.63, 3.8) is 0 Å². The lowest BCUT2D eigenvalue weighted by atomic mass is 10.2. The molecule has 3 rings (SSSR count). The van der Waals surface area contributed by atoms with Crippen molar-refractivity contribution >= 4 is 12.4 Å². The molecule has 0 fully saturated rings. The van der Waals surface area contributed by atoms with E-state index in [1.54, 1.807) is 7.11 Å². The first-order valence-electron chi connectivity index (χ1n) is 7.39. The summed E-state index contributed by atoms with van der Waals surface area (Å²) in [5, 5.41) is 0. The maximum absolute atomic E-state index is 5.38. The fourth-order valence-electron chi connectivity index (χ4n) is 2.53. The highest BCUT2D eigenvalue weighted by Crippen LogP contribution is 2.21. The molecular weight excluding hydrogens is 312 g/mol. The quantitative estimate of drug-likeness (QED) is 0.719. The number of ether oxygens (including phenoxy) is 1. The summed E-state index contributed by atoms with van der Waals surface area (Å²) >= 11 is 0. The molecule has 0 amide bonds. The Bertz CT molecular complexity index is 779. The fourth-order valence-corrected chi connectivity index (χ4v) is 2.53. The van der Waals surface area contributed by atoms with Gasteiger partial charge in [0.05, 0.1) is 31.4 Å². The van der Waals surface area contributed by atoms with E-state index in [0.29, 0.717) is 0 Å². The summed E-state index contributed by atoms with van der Waals surface area (Å²) in [6, 6.07) is 6.15. The molecule has 6 heteroatoms. The Morgan fingerprint density at radius 2 is 2.04 bits per heavy atom. The van der Waals surface area contributed by atoms with Gasteiger partial charge in [0.15, 0.2) is 0 Å². The number of imidazole rings is 2. The van der Waals surface area contributed by atoms with Gasteiger partial charge in [-0.15, -0.1) is 12.4 Å². The van der Waals surface area contributed by atoms with Gasteiger partial charge < -0.3 is 13.9 Å². The zero-order valence-electron chi connectivity index (χ0n) is 13.6. The van der Waals surface area contributed by atoms with Crippen molar-refractivity contribution in [2.45, 2.75) is 26.8 Å². The van der Waals surface area contributed by atoms with Crippen LogP contribution in [0.1, 0.15) is 24.0 Å². The summed E-state index contributed by atoms with van der Waals surface area (Å²) in [5.74, 6) is 1.96. The molecule has 0 saturated heterocycles. The Hall–Kier alpha value is -2.27. The third-order valence-electron chi connectivity index (χ3n) is 3.78. The highest BCUT2D eigenvalue weighted by atomic mass is 35.5. The molecule has 0 spiro atoms. The number of methoxy groups -OCH3 is 1. The van der Waals surface area contributed by atoms with Gasteiger partial charge in [-0.05, 0) is 18.6 Å². The summed E-state index contributed by atoms with van der Waals surface area (Å²) in [6.07, 6.45) is 8.63. The standard InChI is InChI=1S/C17H20N4O.ClH/c1-4-17-18-7-8-20(17)10-14-11-21(12-19-14)15-6-5-13(2)16(9-15)22-3;/h5-9,11-12H,4,10H2,1-3H3;1H. The number of aryl methyl sites for hydroxylation is 2. The predicted molar refractivity (Wildman–Crippen MR) is 92.8 cm³/mol. The molecule has 0 saturated carbocycles. The third kappa shape index (κ3) is 3.56. The number of nitrogens with zero attached hydrogens (tertiary/aromatic N) is 4. The van der Waals surface area contributed by atoms with E-state index in [1.165, 1.54) is 0 Å². The molecule has 122 valence electrons. The first-order chi connectivity index (χ1) is 10.7. The zero-order valence-corrected chi connectivity index (χ0v) is 14.4. The van der Waals surface area contributed by atoms with Crippen LogP contribution < -0.4 is 4.74 Å². The van der Waals surface area contributed by atoms with Crippen molar-refractivity contribution in [2.24, 2.45) is 0 Å². The van der Waals surface area contributed by atoms with Crippen molar-refractivity contribution in [1.82, 2.24) is 19.1 Å². The van der Waals surface area contributed by atoms with Crippen molar-refractivity contribution in [1.29, 1.82) is 0 Å². The molecule has 0 atom stereocenters. The molecule has 0 radical (unpaired) electrons. The van der Waals surface area contributed by atoms with Crippen LogP contribution in [0.25, 0.3) is 5.69 Å². The molecular formula is C17H21ClN4O. The fraction of sp³-hybridized carbons (Fsp3) is 0.294. The number of hydrogen-bond acceptors (Lipinski definition) is 3. The van der Waals surface area contributed by atoms with Gasteiger partial charge in [0, 0.05) is 31.1 Å². The average Bonchev–Trinajstić information content (AvgIpc) is 3.17. The van der Waals surface area contributed by atoms with Gasteiger partial charge >= 0.3 is 0 Å². The molecule has 0 aliphatic carbocycles. The van der Waals surface area contributed by atoms with Gasteiger partial charge in [-0.25, -0.2) is 9.97 Å². The van der Waals surface area contributed by atoms with Gasteiger partial charge in [-0.1, -0.05) is 13.0 Å². The second-order valence-corrected chi connectivity index (χ2v) is 5.25. The van der Waals surface area contributed by atoms with Gasteiger partial charge in [0.1, 0.15) is 11.6 Å². The molecule has 0 aliphatic heterocycles. The maximum atomic E-state index is 5.38. The molecule has 0 aliphatic rings. The monoisotopic (exact) mass is 332 g/mol. The van der Waals surface area contributed by atoms with Crippen LogP contribution in [0.3, 0.4) is 0 Å². The summed E-state index contributed by atoms with van der Waals surface area (Å²) in [6.45, 7) is 4.88. The minimum Gasteiger partial charge on any atom is -0.496 e. The van der Waals surface area contributed by atoms with Crippen LogP contribution in [0.15, 0.2) is 43.1 Å². The van der Waals surface area contributed by atoms with Crippen LogP contribution in [0, 0.1) is 6.92 Å². The lowest BCUT2D eigenvalue weighted by Crippen LogP contribution is -2.03. The molecule has 23 heavy (non-hydrogen) atoms. The topological polar surface area (TPSA) is 44.9 Å². The van der Waals surface area contributed by atoms with E-state index in [9.17, 15) is 0 Å². The summed E-state index contributed by atoms with van der Waals surface area (Å²) in [4.78, 5) is 8.83. The SMILES string of the molecule is CCc1nccn1Cc1cn(-c2ccc(C)c(OC)c2)cn1.Cl. The van der Waals surface area contributed by atoms with E-state index < -0.39 is 0 Å². The Balaban J connectivity index is 0.00000192. The lowest BCUT2D eigenvalue weighted by Gasteiger charge is -2.08. The van der Waals surface area contributed by atoms with Crippen LogP contribution in [-0.4, -0.2) is 26.2 Å². The van der Waals surface area contributed by atoms with Crippen LogP contribution >= 0.6 is 12.4 Å². The summed E-state index contributed by atoms with van der Waals surface area (Å²) in [5.41, 5.74) is 3.17.